The summed E-state index contributed by atoms with van der Waals surface area (Å²) in [6.07, 6.45) is 1.61. The molecule has 2 heterocycles. The first-order valence-electron chi connectivity index (χ1n) is 7.01. The van der Waals surface area contributed by atoms with E-state index in [0.29, 0.717) is 18.1 Å². The highest BCUT2D eigenvalue weighted by Crippen LogP contribution is 2.16. The van der Waals surface area contributed by atoms with Crippen LogP contribution in [0, 0.1) is 5.92 Å². The maximum absolute atomic E-state index is 6.13. The largest absolute Gasteiger partial charge is 0.374 e. The molecule has 17 heavy (non-hydrogen) atoms. The van der Waals surface area contributed by atoms with E-state index in [4.69, 9.17) is 10.5 Å². The second kappa shape index (κ2) is 6.14. The Kier molecular flexibility index (Phi) is 4.79. The highest BCUT2D eigenvalue weighted by Gasteiger charge is 2.27. The Hall–Kier alpha value is -0.160. The zero-order valence-corrected chi connectivity index (χ0v) is 11.3. The minimum absolute atomic E-state index is 0.342. The Morgan fingerprint density at radius 1 is 1.24 bits per heavy atom. The molecule has 0 saturated carbocycles. The van der Waals surface area contributed by atoms with Crippen molar-refractivity contribution < 1.29 is 4.74 Å². The Balaban J connectivity index is 1.76. The van der Waals surface area contributed by atoms with Gasteiger partial charge in [0.1, 0.15) is 0 Å². The molecule has 3 atom stereocenters. The number of morpholine rings is 1. The molecule has 4 nitrogen and oxygen atoms in total. The summed E-state index contributed by atoms with van der Waals surface area (Å²) < 4.78 is 5.85. The molecule has 2 N–H and O–H groups in total. The normalized spacial score (nSPS) is 37.2. The van der Waals surface area contributed by atoms with Gasteiger partial charge in [0.15, 0.2) is 0 Å². The predicted molar refractivity (Wildman–Crippen MR) is 70.1 cm³/mol. The maximum Gasteiger partial charge on any atom is 0.0829 e. The number of likely N-dealkylation sites (N-methyl/N-ethyl adjacent to an activating group) is 1. The predicted octanol–water partition coefficient (Wildman–Crippen LogP) is 0.376. The van der Waals surface area contributed by atoms with Gasteiger partial charge in [-0.15, -0.1) is 0 Å². The van der Waals surface area contributed by atoms with Crippen LogP contribution in [0.1, 0.15) is 20.3 Å². The standard InChI is InChI=1S/C13H27N3O/c1-3-15-6-7-17-12(8-15)9-16-5-4-11(2)13(14)10-16/h11-13H,3-10,14H2,1-2H3. The molecule has 2 aliphatic rings. The van der Waals surface area contributed by atoms with Crippen LogP contribution in [-0.4, -0.2) is 67.8 Å². The van der Waals surface area contributed by atoms with E-state index in [1.54, 1.807) is 0 Å². The molecule has 2 saturated heterocycles. The molecule has 3 unspecified atom stereocenters. The first kappa shape index (κ1) is 13.3. The summed E-state index contributed by atoms with van der Waals surface area (Å²) in [5.41, 5.74) is 6.13. The lowest BCUT2D eigenvalue weighted by atomic mass is 9.94. The van der Waals surface area contributed by atoms with E-state index in [1.165, 1.54) is 13.0 Å². The van der Waals surface area contributed by atoms with Gasteiger partial charge in [-0.05, 0) is 25.4 Å². The van der Waals surface area contributed by atoms with Gasteiger partial charge in [-0.25, -0.2) is 0 Å². The van der Waals surface area contributed by atoms with Crippen LogP contribution in [-0.2, 0) is 4.74 Å². The molecule has 0 aromatic rings. The molecule has 2 fully saturated rings. The van der Waals surface area contributed by atoms with Gasteiger partial charge >= 0.3 is 0 Å². The van der Waals surface area contributed by atoms with Crippen molar-refractivity contribution in [3.05, 3.63) is 0 Å². The van der Waals surface area contributed by atoms with E-state index in [-0.39, 0.29) is 0 Å². The monoisotopic (exact) mass is 241 g/mol. The molecule has 0 radical (unpaired) electrons. The van der Waals surface area contributed by atoms with Crippen molar-refractivity contribution in [1.82, 2.24) is 9.80 Å². The van der Waals surface area contributed by atoms with Crippen molar-refractivity contribution in [1.29, 1.82) is 0 Å². The summed E-state index contributed by atoms with van der Waals surface area (Å²) in [5.74, 6) is 0.672. The van der Waals surface area contributed by atoms with Gasteiger partial charge in [-0.1, -0.05) is 13.8 Å². The SMILES string of the molecule is CCN1CCOC(CN2CCC(C)C(N)C2)C1. The highest BCUT2D eigenvalue weighted by atomic mass is 16.5. The van der Waals surface area contributed by atoms with E-state index in [0.717, 1.165) is 39.3 Å². The van der Waals surface area contributed by atoms with Crippen molar-refractivity contribution >= 4 is 0 Å². The minimum Gasteiger partial charge on any atom is -0.374 e. The number of likely N-dealkylation sites (tertiary alicyclic amines) is 1. The molecular formula is C13H27N3O. The third-order valence-corrected chi connectivity index (χ3v) is 4.23. The fourth-order valence-corrected chi connectivity index (χ4v) is 2.80. The van der Waals surface area contributed by atoms with Gasteiger partial charge in [0.05, 0.1) is 12.7 Å². The van der Waals surface area contributed by atoms with E-state index in [2.05, 4.69) is 23.6 Å². The topological polar surface area (TPSA) is 41.7 Å². The summed E-state index contributed by atoms with van der Waals surface area (Å²) in [4.78, 5) is 4.95. The lowest BCUT2D eigenvalue weighted by Gasteiger charge is -2.39. The second-order valence-corrected chi connectivity index (χ2v) is 5.58. The Morgan fingerprint density at radius 2 is 2.06 bits per heavy atom. The van der Waals surface area contributed by atoms with E-state index < -0.39 is 0 Å². The zero-order chi connectivity index (χ0) is 12.3. The molecule has 0 bridgehead atoms. The van der Waals surface area contributed by atoms with Crippen molar-refractivity contribution in [2.45, 2.75) is 32.4 Å². The maximum atomic E-state index is 6.13. The van der Waals surface area contributed by atoms with Gasteiger partial charge in [0.2, 0.25) is 0 Å². The molecule has 0 aromatic carbocycles. The van der Waals surface area contributed by atoms with Crippen molar-refractivity contribution in [3.8, 4) is 0 Å². The van der Waals surface area contributed by atoms with Crippen LogP contribution in [0.3, 0.4) is 0 Å². The summed E-state index contributed by atoms with van der Waals surface area (Å²) >= 11 is 0. The van der Waals surface area contributed by atoms with Crippen molar-refractivity contribution in [3.63, 3.8) is 0 Å². The van der Waals surface area contributed by atoms with Crippen molar-refractivity contribution in [2.24, 2.45) is 11.7 Å². The van der Waals surface area contributed by atoms with Gasteiger partial charge in [-0.2, -0.15) is 0 Å². The van der Waals surface area contributed by atoms with Crippen LogP contribution in [0.25, 0.3) is 0 Å². The lowest BCUT2D eigenvalue weighted by molar-refractivity contribution is -0.0460. The molecule has 0 amide bonds. The van der Waals surface area contributed by atoms with Gasteiger partial charge < -0.3 is 10.5 Å². The first-order valence-corrected chi connectivity index (χ1v) is 7.01. The Labute approximate surface area is 105 Å². The quantitative estimate of drug-likeness (QED) is 0.775. The average Bonchev–Trinajstić information content (AvgIpc) is 2.34. The average molecular weight is 241 g/mol. The third-order valence-electron chi connectivity index (χ3n) is 4.23. The van der Waals surface area contributed by atoms with Gasteiger partial charge in [0, 0.05) is 32.2 Å². The van der Waals surface area contributed by atoms with Gasteiger partial charge in [0.25, 0.3) is 0 Å². The fourth-order valence-electron chi connectivity index (χ4n) is 2.80. The number of ether oxygens (including phenoxy) is 1. The van der Waals surface area contributed by atoms with E-state index >= 15 is 0 Å². The van der Waals surface area contributed by atoms with Crippen LogP contribution < -0.4 is 5.73 Å². The number of nitrogens with zero attached hydrogens (tertiary/aromatic N) is 2. The third kappa shape index (κ3) is 3.65. The molecule has 0 aliphatic carbocycles. The minimum atomic E-state index is 0.342. The van der Waals surface area contributed by atoms with Crippen LogP contribution in [0.15, 0.2) is 0 Å². The van der Waals surface area contributed by atoms with E-state index in [9.17, 15) is 0 Å². The summed E-state index contributed by atoms with van der Waals surface area (Å²) in [7, 11) is 0. The zero-order valence-electron chi connectivity index (χ0n) is 11.3. The summed E-state index contributed by atoms with van der Waals surface area (Å²) in [5, 5.41) is 0. The molecule has 0 aromatic heterocycles. The molecule has 0 spiro atoms. The number of hydrogen-bond donors (Lipinski definition) is 1. The molecular weight excluding hydrogens is 214 g/mol. The van der Waals surface area contributed by atoms with Crippen LogP contribution in [0.2, 0.25) is 0 Å². The second-order valence-electron chi connectivity index (χ2n) is 5.58. The van der Waals surface area contributed by atoms with Crippen molar-refractivity contribution in [2.75, 3.05) is 45.9 Å². The molecule has 2 rings (SSSR count). The summed E-state index contributed by atoms with van der Waals surface area (Å²) in [6.45, 7) is 11.9. The summed E-state index contributed by atoms with van der Waals surface area (Å²) in [6, 6.07) is 0.342. The number of piperidine rings is 1. The smallest absolute Gasteiger partial charge is 0.0829 e. The van der Waals surface area contributed by atoms with Crippen LogP contribution in [0.5, 0.6) is 0 Å². The molecule has 2 aliphatic heterocycles. The lowest BCUT2D eigenvalue weighted by Crippen LogP contribution is -2.53. The number of rotatable bonds is 3. The van der Waals surface area contributed by atoms with Crippen LogP contribution in [0.4, 0.5) is 0 Å². The Bertz CT molecular complexity index is 233. The van der Waals surface area contributed by atoms with Crippen LogP contribution >= 0.6 is 0 Å². The van der Waals surface area contributed by atoms with Gasteiger partial charge in [-0.3, -0.25) is 9.80 Å². The Morgan fingerprint density at radius 3 is 2.76 bits per heavy atom. The highest BCUT2D eigenvalue weighted by molar-refractivity contribution is 4.83. The van der Waals surface area contributed by atoms with E-state index in [1.807, 2.05) is 0 Å². The molecule has 4 heteroatoms. The number of nitrogens with two attached hydrogens (primary N) is 1. The number of hydrogen-bond acceptors (Lipinski definition) is 4. The molecule has 100 valence electrons. The fraction of sp³-hybridized carbons (Fsp3) is 1.00. The first-order chi connectivity index (χ1) is 8.19.